The van der Waals surface area contributed by atoms with Crippen molar-refractivity contribution < 1.29 is 14.3 Å². The lowest BCUT2D eigenvalue weighted by atomic mass is 10.1. The molecule has 3 aromatic carbocycles. The van der Waals surface area contributed by atoms with Crippen LogP contribution in [0.4, 0.5) is 10.5 Å². The summed E-state index contributed by atoms with van der Waals surface area (Å²) < 4.78 is 5.30. The highest BCUT2D eigenvalue weighted by Gasteiger charge is 2.22. The number of carbonyl (C=O) groups is 2. The van der Waals surface area contributed by atoms with Crippen molar-refractivity contribution >= 4 is 28.5 Å². The number of aromatic amines is 1. The van der Waals surface area contributed by atoms with Crippen molar-refractivity contribution in [3.05, 3.63) is 95.7 Å². The third-order valence-electron chi connectivity index (χ3n) is 6.91. The summed E-state index contributed by atoms with van der Waals surface area (Å²) in [7, 11) is 1.64. The van der Waals surface area contributed by atoms with Crippen molar-refractivity contribution in [1.29, 1.82) is 0 Å². The molecular formula is C32H38N4O3. The van der Waals surface area contributed by atoms with Gasteiger partial charge in [-0.15, -0.1) is 0 Å². The predicted octanol–water partition coefficient (Wildman–Crippen LogP) is 6.39. The molecule has 0 fully saturated rings. The highest BCUT2D eigenvalue weighted by molar-refractivity contribution is 5.92. The first-order chi connectivity index (χ1) is 19.0. The van der Waals surface area contributed by atoms with E-state index < -0.39 is 0 Å². The first kappa shape index (κ1) is 27.8. The van der Waals surface area contributed by atoms with Crippen molar-refractivity contribution in [2.75, 3.05) is 32.1 Å². The number of methoxy groups -OCH3 is 1. The number of rotatable bonds is 12. The van der Waals surface area contributed by atoms with E-state index in [0.717, 1.165) is 46.2 Å². The van der Waals surface area contributed by atoms with Gasteiger partial charge >= 0.3 is 6.03 Å². The molecule has 0 aliphatic heterocycles. The van der Waals surface area contributed by atoms with Gasteiger partial charge < -0.3 is 24.8 Å². The van der Waals surface area contributed by atoms with E-state index in [9.17, 15) is 9.59 Å². The number of anilines is 1. The molecule has 4 rings (SSSR count). The molecule has 204 valence electrons. The van der Waals surface area contributed by atoms with Gasteiger partial charge in [0.1, 0.15) is 12.3 Å². The zero-order valence-corrected chi connectivity index (χ0v) is 23.1. The van der Waals surface area contributed by atoms with E-state index in [0.29, 0.717) is 31.7 Å². The van der Waals surface area contributed by atoms with E-state index in [-0.39, 0.29) is 18.5 Å². The molecular weight excluding hydrogens is 488 g/mol. The molecule has 0 aliphatic rings. The number of H-pyrrole nitrogens is 1. The number of ether oxygens (including phenoxy) is 1. The molecule has 4 aromatic rings. The fraction of sp³-hybridized carbons (Fsp3) is 0.312. The highest BCUT2D eigenvalue weighted by Crippen LogP contribution is 2.20. The maximum atomic E-state index is 13.7. The van der Waals surface area contributed by atoms with Crippen molar-refractivity contribution in [1.82, 2.24) is 14.8 Å². The average molecular weight is 527 g/mol. The number of amides is 3. The monoisotopic (exact) mass is 526 g/mol. The predicted molar refractivity (Wildman–Crippen MR) is 157 cm³/mol. The molecule has 0 bridgehead atoms. The van der Waals surface area contributed by atoms with Gasteiger partial charge in [-0.2, -0.15) is 0 Å². The van der Waals surface area contributed by atoms with Crippen LogP contribution in [-0.4, -0.2) is 53.5 Å². The molecule has 0 atom stereocenters. The molecule has 1 aromatic heterocycles. The van der Waals surface area contributed by atoms with Crippen LogP contribution < -0.4 is 10.1 Å². The molecule has 0 saturated carbocycles. The minimum atomic E-state index is -0.262. The molecule has 0 aliphatic carbocycles. The van der Waals surface area contributed by atoms with E-state index in [2.05, 4.69) is 29.4 Å². The first-order valence-electron chi connectivity index (χ1n) is 13.5. The number of aryl methyl sites for hydroxylation is 1. The lowest BCUT2D eigenvalue weighted by Crippen LogP contribution is -2.45. The van der Waals surface area contributed by atoms with Crippen LogP contribution >= 0.6 is 0 Å². The fourth-order valence-corrected chi connectivity index (χ4v) is 4.54. The van der Waals surface area contributed by atoms with Gasteiger partial charge in [0.05, 0.1) is 7.11 Å². The Balaban J connectivity index is 1.50. The number of benzene rings is 3. The largest absolute Gasteiger partial charge is 0.497 e. The fourth-order valence-electron chi connectivity index (χ4n) is 4.54. The van der Waals surface area contributed by atoms with Crippen LogP contribution in [0.25, 0.3) is 10.9 Å². The normalized spacial score (nSPS) is 10.8. The van der Waals surface area contributed by atoms with Crippen molar-refractivity contribution in [2.45, 2.75) is 39.7 Å². The lowest BCUT2D eigenvalue weighted by molar-refractivity contribution is -0.132. The third-order valence-corrected chi connectivity index (χ3v) is 6.91. The number of aromatic nitrogens is 1. The van der Waals surface area contributed by atoms with Crippen molar-refractivity contribution in [2.24, 2.45) is 0 Å². The quantitative estimate of drug-likeness (QED) is 0.225. The summed E-state index contributed by atoms with van der Waals surface area (Å²) in [4.78, 5) is 33.7. The van der Waals surface area contributed by atoms with Gasteiger partial charge in [-0.05, 0) is 61.2 Å². The van der Waals surface area contributed by atoms with Gasteiger partial charge in [0.15, 0.2) is 0 Å². The van der Waals surface area contributed by atoms with Crippen LogP contribution in [0, 0.1) is 6.92 Å². The second-order valence-corrected chi connectivity index (χ2v) is 9.84. The van der Waals surface area contributed by atoms with Crippen LogP contribution in [0.2, 0.25) is 0 Å². The van der Waals surface area contributed by atoms with E-state index in [1.807, 2.05) is 78.7 Å². The zero-order valence-electron chi connectivity index (χ0n) is 23.1. The average Bonchev–Trinajstić information content (AvgIpc) is 3.37. The van der Waals surface area contributed by atoms with Gasteiger partial charge in [-0.1, -0.05) is 61.4 Å². The van der Waals surface area contributed by atoms with Gasteiger partial charge in [-0.25, -0.2) is 4.79 Å². The van der Waals surface area contributed by atoms with Crippen LogP contribution in [0.15, 0.2) is 79.0 Å². The molecule has 2 N–H and O–H groups in total. The third kappa shape index (κ3) is 7.63. The Labute approximate surface area is 230 Å². The molecule has 7 nitrogen and oxygen atoms in total. The Bertz CT molecular complexity index is 1360. The standard InChI is InChI=1S/C32H38N4O3/c1-4-5-19-36(32(38)34-27-14-10-24(2)11-15-27)23-31(37)35(22-25-12-16-28(39-3)17-13-25)20-18-26-21-33-30-9-7-6-8-29(26)30/h6-17,21,33H,4-5,18-20,22-23H2,1-3H3,(H,34,38). The number of hydrogen-bond donors (Lipinski definition) is 2. The first-order valence-corrected chi connectivity index (χ1v) is 13.5. The highest BCUT2D eigenvalue weighted by atomic mass is 16.5. The van der Waals surface area contributed by atoms with E-state index in [4.69, 9.17) is 4.74 Å². The molecule has 3 amide bonds. The second kappa shape index (κ2) is 13.5. The topological polar surface area (TPSA) is 77.7 Å². The van der Waals surface area contributed by atoms with Crippen LogP contribution in [0.5, 0.6) is 5.75 Å². The van der Waals surface area contributed by atoms with Crippen LogP contribution in [-0.2, 0) is 17.8 Å². The Morgan fingerprint density at radius 2 is 1.67 bits per heavy atom. The molecule has 0 unspecified atom stereocenters. The lowest BCUT2D eigenvalue weighted by Gasteiger charge is -2.28. The van der Waals surface area contributed by atoms with Gasteiger partial charge in [-0.3, -0.25) is 4.79 Å². The summed E-state index contributed by atoms with van der Waals surface area (Å²) in [6.45, 7) is 5.60. The maximum Gasteiger partial charge on any atom is 0.322 e. The number of nitrogens with zero attached hydrogens (tertiary/aromatic N) is 2. The molecule has 1 heterocycles. The summed E-state index contributed by atoms with van der Waals surface area (Å²) in [5.41, 5.74) is 5.09. The van der Waals surface area contributed by atoms with E-state index >= 15 is 0 Å². The number of carbonyl (C=O) groups excluding carboxylic acids is 2. The van der Waals surface area contributed by atoms with E-state index in [1.165, 1.54) is 0 Å². The van der Waals surface area contributed by atoms with Gasteiger partial charge in [0.2, 0.25) is 5.91 Å². The Hall–Kier alpha value is -4.26. The molecule has 0 spiro atoms. The number of fused-ring (bicyclic) bond motifs is 1. The summed E-state index contributed by atoms with van der Waals surface area (Å²) in [6, 6.07) is 23.4. The van der Waals surface area contributed by atoms with Crippen molar-refractivity contribution in [3.63, 3.8) is 0 Å². The Morgan fingerprint density at radius 1 is 0.923 bits per heavy atom. The molecule has 7 heteroatoms. The Kier molecular flexibility index (Phi) is 9.62. The second-order valence-electron chi connectivity index (χ2n) is 9.84. The summed E-state index contributed by atoms with van der Waals surface area (Å²) in [5.74, 6) is 0.690. The van der Waals surface area contributed by atoms with Gasteiger partial charge in [0.25, 0.3) is 0 Å². The Morgan fingerprint density at radius 3 is 2.38 bits per heavy atom. The van der Waals surface area contributed by atoms with Crippen molar-refractivity contribution in [3.8, 4) is 5.75 Å². The van der Waals surface area contributed by atoms with Crippen LogP contribution in [0.1, 0.15) is 36.5 Å². The SMILES string of the molecule is CCCCN(CC(=O)N(CCc1c[nH]c2ccccc12)Cc1ccc(OC)cc1)C(=O)Nc1ccc(C)cc1. The number of para-hydroxylation sites is 1. The number of nitrogens with one attached hydrogen (secondary N) is 2. The number of unbranched alkanes of at least 4 members (excludes halogenated alkanes) is 1. The van der Waals surface area contributed by atoms with E-state index in [1.54, 1.807) is 12.0 Å². The summed E-state index contributed by atoms with van der Waals surface area (Å²) in [6.07, 6.45) is 4.47. The number of hydrogen-bond acceptors (Lipinski definition) is 3. The summed E-state index contributed by atoms with van der Waals surface area (Å²) in [5, 5.41) is 4.12. The minimum Gasteiger partial charge on any atom is -0.497 e. The zero-order chi connectivity index (χ0) is 27.6. The maximum absolute atomic E-state index is 13.7. The van der Waals surface area contributed by atoms with Gasteiger partial charge in [0, 0.05) is 42.4 Å². The molecule has 0 radical (unpaired) electrons. The molecule has 0 saturated heterocycles. The smallest absolute Gasteiger partial charge is 0.322 e. The van der Waals surface area contributed by atoms with Crippen LogP contribution in [0.3, 0.4) is 0 Å². The molecule has 39 heavy (non-hydrogen) atoms. The number of urea groups is 1. The minimum absolute atomic E-state index is 0.0156. The summed E-state index contributed by atoms with van der Waals surface area (Å²) >= 11 is 0.